The molecule has 4 nitrogen and oxygen atoms in total. The van der Waals surface area contributed by atoms with E-state index in [4.69, 9.17) is 11.6 Å². The second kappa shape index (κ2) is 7.18. The van der Waals surface area contributed by atoms with Gasteiger partial charge in [0.15, 0.2) is 0 Å². The van der Waals surface area contributed by atoms with Crippen molar-refractivity contribution in [2.24, 2.45) is 7.05 Å². The van der Waals surface area contributed by atoms with Crippen LogP contribution >= 0.6 is 11.6 Å². The van der Waals surface area contributed by atoms with Crippen molar-refractivity contribution in [1.82, 2.24) is 9.78 Å². The zero-order valence-corrected chi connectivity index (χ0v) is 14.2. The van der Waals surface area contributed by atoms with E-state index in [9.17, 15) is 4.79 Å². The SMILES string of the molecule is Cn1ncc(N2CCCCC2CCc2ccccc2)c(Cl)c1=O. The quantitative estimate of drug-likeness (QED) is 0.861. The Hall–Kier alpha value is -1.81. The minimum Gasteiger partial charge on any atom is -0.366 e. The highest BCUT2D eigenvalue weighted by atomic mass is 35.5. The van der Waals surface area contributed by atoms with Gasteiger partial charge in [0.25, 0.3) is 5.56 Å². The Balaban J connectivity index is 1.79. The standard InChI is InChI=1S/C18H22ClN3O/c1-21-18(23)17(19)16(13-20-21)22-12-6-5-9-15(22)11-10-14-7-3-2-4-8-14/h2-4,7-8,13,15H,5-6,9-12H2,1H3. The van der Waals surface area contributed by atoms with Crippen LogP contribution in [0.5, 0.6) is 0 Å². The Kier molecular flexibility index (Phi) is 5.01. The number of hydrogen-bond acceptors (Lipinski definition) is 3. The lowest BCUT2D eigenvalue weighted by Gasteiger charge is -2.37. The van der Waals surface area contributed by atoms with E-state index in [-0.39, 0.29) is 10.6 Å². The summed E-state index contributed by atoms with van der Waals surface area (Å²) in [6.45, 7) is 0.939. The number of aromatic nitrogens is 2. The van der Waals surface area contributed by atoms with Crippen molar-refractivity contribution in [3.8, 4) is 0 Å². The van der Waals surface area contributed by atoms with E-state index in [1.54, 1.807) is 13.2 Å². The van der Waals surface area contributed by atoms with E-state index < -0.39 is 0 Å². The predicted molar refractivity (Wildman–Crippen MR) is 94.2 cm³/mol. The molecule has 0 spiro atoms. The Labute approximate surface area is 141 Å². The molecular formula is C18H22ClN3O. The van der Waals surface area contributed by atoms with Crippen LogP contribution in [0.1, 0.15) is 31.2 Å². The third-order valence-corrected chi connectivity index (χ3v) is 4.96. The minimum absolute atomic E-state index is 0.225. The maximum absolute atomic E-state index is 12.1. The van der Waals surface area contributed by atoms with Crippen LogP contribution in [0.2, 0.25) is 5.02 Å². The van der Waals surface area contributed by atoms with E-state index in [1.807, 2.05) is 6.07 Å². The second-order valence-electron chi connectivity index (χ2n) is 6.14. The molecule has 1 aliphatic heterocycles. The molecule has 3 rings (SSSR count). The summed E-state index contributed by atoms with van der Waals surface area (Å²) in [6, 6.07) is 10.9. The van der Waals surface area contributed by atoms with Crippen molar-refractivity contribution in [3.63, 3.8) is 0 Å². The number of anilines is 1. The van der Waals surface area contributed by atoms with Crippen molar-refractivity contribution in [2.75, 3.05) is 11.4 Å². The minimum atomic E-state index is -0.225. The molecule has 1 aromatic carbocycles. The maximum Gasteiger partial charge on any atom is 0.287 e. The molecule has 0 N–H and O–H groups in total. The molecule has 0 bridgehead atoms. The molecule has 2 heterocycles. The highest BCUT2D eigenvalue weighted by molar-refractivity contribution is 6.33. The van der Waals surface area contributed by atoms with Gasteiger partial charge in [-0.05, 0) is 37.7 Å². The third kappa shape index (κ3) is 3.58. The molecule has 23 heavy (non-hydrogen) atoms. The largest absolute Gasteiger partial charge is 0.366 e. The Bertz CT molecular complexity index is 714. The van der Waals surface area contributed by atoms with Crippen LogP contribution in [-0.4, -0.2) is 22.4 Å². The van der Waals surface area contributed by atoms with Crippen molar-refractivity contribution < 1.29 is 0 Å². The van der Waals surface area contributed by atoms with Crippen LogP contribution in [0.4, 0.5) is 5.69 Å². The van der Waals surface area contributed by atoms with E-state index in [2.05, 4.69) is 34.3 Å². The number of benzene rings is 1. The van der Waals surface area contributed by atoms with Crippen LogP contribution in [-0.2, 0) is 13.5 Å². The van der Waals surface area contributed by atoms with Gasteiger partial charge in [-0.15, -0.1) is 0 Å². The van der Waals surface area contributed by atoms with E-state index in [0.717, 1.165) is 37.9 Å². The lowest BCUT2D eigenvalue weighted by atomic mass is 9.95. The average Bonchev–Trinajstić information content (AvgIpc) is 2.59. The topological polar surface area (TPSA) is 38.1 Å². The summed E-state index contributed by atoms with van der Waals surface area (Å²) in [5.41, 5.74) is 1.91. The molecule has 1 aliphatic rings. The molecule has 0 saturated carbocycles. The Morgan fingerprint density at radius 1 is 1.26 bits per heavy atom. The predicted octanol–water partition coefficient (Wildman–Crippen LogP) is 3.43. The van der Waals surface area contributed by atoms with Crippen LogP contribution in [0, 0.1) is 0 Å². The van der Waals surface area contributed by atoms with Gasteiger partial charge >= 0.3 is 0 Å². The zero-order chi connectivity index (χ0) is 16.2. The molecule has 0 amide bonds. The summed E-state index contributed by atoms with van der Waals surface area (Å²) in [7, 11) is 1.63. The average molecular weight is 332 g/mol. The molecule has 1 fully saturated rings. The fourth-order valence-electron chi connectivity index (χ4n) is 3.30. The van der Waals surface area contributed by atoms with Crippen molar-refractivity contribution >= 4 is 17.3 Å². The van der Waals surface area contributed by atoms with E-state index in [0.29, 0.717) is 6.04 Å². The first-order valence-electron chi connectivity index (χ1n) is 8.19. The van der Waals surface area contributed by atoms with Crippen molar-refractivity contribution in [3.05, 3.63) is 57.5 Å². The van der Waals surface area contributed by atoms with Gasteiger partial charge in [-0.2, -0.15) is 5.10 Å². The first-order valence-corrected chi connectivity index (χ1v) is 8.57. The van der Waals surface area contributed by atoms with E-state index >= 15 is 0 Å². The molecular weight excluding hydrogens is 310 g/mol. The van der Waals surface area contributed by atoms with Crippen LogP contribution in [0.25, 0.3) is 0 Å². The van der Waals surface area contributed by atoms with Gasteiger partial charge in [-0.3, -0.25) is 4.79 Å². The van der Waals surface area contributed by atoms with Crippen molar-refractivity contribution in [1.29, 1.82) is 0 Å². The Morgan fingerprint density at radius 2 is 2.04 bits per heavy atom. The highest BCUT2D eigenvalue weighted by Crippen LogP contribution is 2.30. The molecule has 0 aliphatic carbocycles. The first-order chi connectivity index (χ1) is 11.2. The summed E-state index contributed by atoms with van der Waals surface area (Å²) in [5, 5.41) is 4.43. The van der Waals surface area contributed by atoms with Gasteiger partial charge < -0.3 is 4.90 Å². The van der Waals surface area contributed by atoms with Crippen LogP contribution < -0.4 is 10.5 Å². The fourth-order valence-corrected chi connectivity index (χ4v) is 3.58. The normalized spacial score (nSPS) is 18.2. The number of aryl methyl sites for hydroxylation is 2. The van der Waals surface area contributed by atoms with Crippen LogP contribution in [0.3, 0.4) is 0 Å². The molecule has 2 aromatic rings. The number of rotatable bonds is 4. The van der Waals surface area contributed by atoms with Gasteiger partial charge in [-0.1, -0.05) is 41.9 Å². The first kappa shape index (κ1) is 16.1. The number of piperidine rings is 1. The van der Waals surface area contributed by atoms with Gasteiger partial charge in [0.2, 0.25) is 0 Å². The third-order valence-electron chi connectivity index (χ3n) is 4.61. The number of hydrogen-bond donors (Lipinski definition) is 0. The second-order valence-corrected chi connectivity index (χ2v) is 6.52. The van der Waals surface area contributed by atoms with Gasteiger partial charge in [0.1, 0.15) is 5.02 Å². The summed E-state index contributed by atoms with van der Waals surface area (Å²) in [5.74, 6) is 0. The fraction of sp³-hybridized carbons (Fsp3) is 0.444. The Morgan fingerprint density at radius 3 is 2.83 bits per heavy atom. The number of halogens is 1. The van der Waals surface area contributed by atoms with Gasteiger partial charge in [0, 0.05) is 19.6 Å². The summed E-state index contributed by atoms with van der Waals surface area (Å²) < 4.78 is 1.29. The van der Waals surface area contributed by atoms with Crippen molar-refractivity contribution in [2.45, 2.75) is 38.1 Å². The van der Waals surface area contributed by atoms with Crippen LogP contribution in [0.15, 0.2) is 41.3 Å². The zero-order valence-electron chi connectivity index (χ0n) is 13.4. The highest BCUT2D eigenvalue weighted by Gasteiger charge is 2.25. The van der Waals surface area contributed by atoms with E-state index in [1.165, 1.54) is 16.7 Å². The lowest BCUT2D eigenvalue weighted by Crippen LogP contribution is -2.41. The monoisotopic (exact) mass is 331 g/mol. The molecule has 1 atom stereocenters. The molecule has 122 valence electrons. The summed E-state index contributed by atoms with van der Waals surface area (Å²) >= 11 is 6.30. The molecule has 1 unspecified atom stereocenters. The number of nitrogens with zero attached hydrogens (tertiary/aromatic N) is 3. The molecule has 0 radical (unpaired) electrons. The smallest absolute Gasteiger partial charge is 0.287 e. The maximum atomic E-state index is 12.1. The van der Waals surface area contributed by atoms with Gasteiger partial charge in [0.05, 0.1) is 11.9 Å². The summed E-state index contributed by atoms with van der Waals surface area (Å²) in [4.78, 5) is 14.3. The molecule has 5 heteroatoms. The molecule has 1 saturated heterocycles. The summed E-state index contributed by atoms with van der Waals surface area (Å²) in [6.07, 6.45) is 7.33. The van der Waals surface area contributed by atoms with Gasteiger partial charge in [-0.25, -0.2) is 4.68 Å². The lowest BCUT2D eigenvalue weighted by molar-refractivity contribution is 0.437. The molecule has 1 aromatic heterocycles.